The Hall–Kier alpha value is -1.64. The van der Waals surface area contributed by atoms with Crippen LogP contribution in [0.3, 0.4) is 0 Å². The highest BCUT2D eigenvalue weighted by Crippen LogP contribution is 2.13. The number of carbonyl (C=O) groups is 1. The van der Waals surface area contributed by atoms with Crippen LogP contribution in [0.15, 0.2) is 29.8 Å². The van der Waals surface area contributed by atoms with Gasteiger partial charge in [0, 0.05) is 5.56 Å². The Labute approximate surface area is 82.2 Å². The molecule has 0 amide bonds. The van der Waals surface area contributed by atoms with Gasteiger partial charge in [-0.1, -0.05) is 5.57 Å². The zero-order valence-electron chi connectivity index (χ0n) is 8.17. The number of anilines is 1. The minimum atomic E-state index is -0.557. The third kappa shape index (κ3) is 2.42. The number of benzene rings is 1. The van der Waals surface area contributed by atoms with Gasteiger partial charge in [0.1, 0.15) is 5.82 Å². The fraction of sp³-hybridized carbons (Fsp3) is 0.182. The first-order valence-electron chi connectivity index (χ1n) is 4.25. The number of carbonyl (C=O) groups excluding carboxylic acids is 1. The zero-order valence-corrected chi connectivity index (χ0v) is 8.17. The van der Waals surface area contributed by atoms with Gasteiger partial charge in [0.05, 0.1) is 5.69 Å². The van der Waals surface area contributed by atoms with E-state index in [1.54, 1.807) is 0 Å². The molecule has 0 spiro atoms. The fourth-order valence-electron chi connectivity index (χ4n) is 1.03. The molecule has 74 valence electrons. The Balaban J connectivity index is 3.03. The van der Waals surface area contributed by atoms with E-state index in [9.17, 15) is 9.18 Å². The Bertz CT molecular complexity index is 392. The molecule has 0 heterocycles. The van der Waals surface area contributed by atoms with Gasteiger partial charge >= 0.3 is 0 Å². The fourth-order valence-corrected chi connectivity index (χ4v) is 1.03. The van der Waals surface area contributed by atoms with Gasteiger partial charge in [-0.25, -0.2) is 4.39 Å². The average molecular weight is 193 g/mol. The Morgan fingerprint density at radius 2 is 2.07 bits per heavy atom. The molecule has 0 radical (unpaired) electrons. The first-order valence-corrected chi connectivity index (χ1v) is 4.25. The maximum absolute atomic E-state index is 13.0. The van der Waals surface area contributed by atoms with Gasteiger partial charge < -0.3 is 5.73 Å². The van der Waals surface area contributed by atoms with Crippen molar-refractivity contribution in [3.05, 3.63) is 41.2 Å². The van der Waals surface area contributed by atoms with Crippen molar-refractivity contribution in [2.45, 2.75) is 13.8 Å². The molecule has 0 unspecified atom stereocenters. The summed E-state index contributed by atoms with van der Waals surface area (Å²) >= 11 is 0. The van der Waals surface area contributed by atoms with E-state index in [4.69, 9.17) is 5.73 Å². The Morgan fingerprint density at radius 1 is 1.43 bits per heavy atom. The lowest BCUT2D eigenvalue weighted by molar-refractivity contribution is 0.104. The van der Waals surface area contributed by atoms with Crippen molar-refractivity contribution in [3.8, 4) is 0 Å². The first-order chi connectivity index (χ1) is 6.50. The number of allylic oxidation sites excluding steroid dienone is 2. The van der Waals surface area contributed by atoms with E-state index in [2.05, 4.69) is 0 Å². The Kier molecular flexibility index (Phi) is 3.02. The van der Waals surface area contributed by atoms with Crippen LogP contribution in [0.5, 0.6) is 0 Å². The van der Waals surface area contributed by atoms with Crippen molar-refractivity contribution >= 4 is 11.5 Å². The van der Waals surface area contributed by atoms with Crippen LogP contribution in [0.4, 0.5) is 10.1 Å². The highest BCUT2D eigenvalue weighted by atomic mass is 19.1. The third-order valence-corrected chi connectivity index (χ3v) is 1.70. The van der Waals surface area contributed by atoms with Crippen molar-refractivity contribution in [1.82, 2.24) is 0 Å². The number of ketones is 1. The highest BCUT2D eigenvalue weighted by molar-refractivity contribution is 6.05. The van der Waals surface area contributed by atoms with E-state index in [0.29, 0.717) is 5.56 Å². The summed E-state index contributed by atoms with van der Waals surface area (Å²) in [6.45, 7) is 3.62. The van der Waals surface area contributed by atoms with E-state index < -0.39 is 5.82 Å². The molecular weight excluding hydrogens is 181 g/mol. The lowest BCUT2D eigenvalue weighted by atomic mass is 10.1. The maximum Gasteiger partial charge on any atom is 0.185 e. The summed E-state index contributed by atoms with van der Waals surface area (Å²) in [6, 6.07) is 4.05. The van der Waals surface area contributed by atoms with E-state index in [0.717, 1.165) is 11.6 Å². The molecule has 0 bridgehead atoms. The van der Waals surface area contributed by atoms with Crippen LogP contribution in [0.2, 0.25) is 0 Å². The van der Waals surface area contributed by atoms with E-state index >= 15 is 0 Å². The normalized spacial score (nSPS) is 9.64. The highest BCUT2D eigenvalue weighted by Gasteiger charge is 2.05. The molecule has 0 aromatic heterocycles. The lowest BCUT2D eigenvalue weighted by Gasteiger charge is -1.99. The number of hydrogen-bond donors (Lipinski definition) is 1. The average Bonchev–Trinajstić information content (AvgIpc) is 2.08. The largest absolute Gasteiger partial charge is 0.396 e. The summed E-state index contributed by atoms with van der Waals surface area (Å²) in [4.78, 5) is 11.4. The van der Waals surface area contributed by atoms with Gasteiger partial charge in [-0.05, 0) is 38.1 Å². The number of nitrogens with two attached hydrogens (primary N) is 1. The predicted octanol–water partition coefficient (Wildman–Crippen LogP) is 2.56. The smallest absolute Gasteiger partial charge is 0.185 e. The van der Waals surface area contributed by atoms with Gasteiger partial charge in [-0.3, -0.25) is 4.79 Å². The first kappa shape index (κ1) is 10.4. The number of rotatable bonds is 2. The molecule has 1 rings (SSSR count). The molecule has 14 heavy (non-hydrogen) atoms. The van der Waals surface area contributed by atoms with Crippen molar-refractivity contribution in [3.63, 3.8) is 0 Å². The summed E-state index contributed by atoms with van der Waals surface area (Å²) in [5, 5.41) is 0. The lowest BCUT2D eigenvalue weighted by Crippen LogP contribution is -1.98. The van der Waals surface area contributed by atoms with Crippen molar-refractivity contribution < 1.29 is 9.18 Å². The minimum Gasteiger partial charge on any atom is -0.396 e. The van der Waals surface area contributed by atoms with E-state index in [1.165, 1.54) is 18.2 Å². The topological polar surface area (TPSA) is 43.1 Å². The van der Waals surface area contributed by atoms with Crippen LogP contribution >= 0.6 is 0 Å². The summed E-state index contributed by atoms with van der Waals surface area (Å²) in [5.74, 6) is -0.762. The quantitative estimate of drug-likeness (QED) is 0.445. The number of hydrogen-bond acceptors (Lipinski definition) is 2. The molecule has 0 fully saturated rings. The van der Waals surface area contributed by atoms with Crippen LogP contribution in [-0.2, 0) is 0 Å². The maximum atomic E-state index is 13.0. The molecular formula is C11H12FNO. The summed E-state index contributed by atoms with van der Waals surface area (Å²) in [6.07, 6.45) is 1.46. The van der Waals surface area contributed by atoms with Crippen LogP contribution in [0, 0.1) is 5.82 Å². The van der Waals surface area contributed by atoms with Gasteiger partial charge in [-0.2, -0.15) is 0 Å². The van der Waals surface area contributed by atoms with Crippen molar-refractivity contribution in [1.29, 1.82) is 0 Å². The molecule has 1 aromatic carbocycles. The molecule has 2 nitrogen and oxygen atoms in total. The predicted molar refractivity (Wildman–Crippen MR) is 54.6 cm³/mol. The molecule has 0 aliphatic carbocycles. The minimum absolute atomic E-state index is 0.0544. The van der Waals surface area contributed by atoms with Gasteiger partial charge in [-0.15, -0.1) is 0 Å². The number of nitrogen functional groups attached to an aromatic ring is 1. The molecule has 2 N–H and O–H groups in total. The van der Waals surface area contributed by atoms with E-state index in [-0.39, 0.29) is 11.5 Å². The van der Waals surface area contributed by atoms with Gasteiger partial charge in [0.15, 0.2) is 5.78 Å². The Morgan fingerprint density at radius 3 is 2.57 bits per heavy atom. The molecule has 3 heteroatoms. The third-order valence-electron chi connectivity index (χ3n) is 1.70. The van der Waals surface area contributed by atoms with Crippen LogP contribution in [0.1, 0.15) is 24.2 Å². The standard InChI is InChI=1S/C11H12FNO/c1-7(2)5-11(14)8-3-4-10(13)9(12)6-8/h3-6H,13H2,1-2H3. The summed E-state index contributed by atoms with van der Waals surface area (Å²) in [5.41, 5.74) is 6.54. The van der Waals surface area contributed by atoms with Crippen molar-refractivity contribution in [2.24, 2.45) is 0 Å². The molecule has 0 aliphatic rings. The second-order valence-corrected chi connectivity index (χ2v) is 3.32. The van der Waals surface area contributed by atoms with Gasteiger partial charge in [0.25, 0.3) is 0 Å². The molecule has 0 saturated heterocycles. The second kappa shape index (κ2) is 4.05. The summed E-state index contributed by atoms with van der Waals surface area (Å²) in [7, 11) is 0. The van der Waals surface area contributed by atoms with E-state index in [1.807, 2.05) is 13.8 Å². The second-order valence-electron chi connectivity index (χ2n) is 3.32. The van der Waals surface area contributed by atoms with Crippen LogP contribution in [-0.4, -0.2) is 5.78 Å². The molecule has 0 saturated carbocycles. The molecule has 0 aliphatic heterocycles. The summed E-state index contributed by atoms with van der Waals surface area (Å²) < 4.78 is 13.0. The monoisotopic (exact) mass is 193 g/mol. The van der Waals surface area contributed by atoms with Crippen LogP contribution in [0.25, 0.3) is 0 Å². The molecule has 0 atom stereocenters. The number of halogens is 1. The SMILES string of the molecule is CC(C)=CC(=O)c1ccc(N)c(F)c1. The van der Waals surface area contributed by atoms with Crippen LogP contribution < -0.4 is 5.73 Å². The van der Waals surface area contributed by atoms with Crippen molar-refractivity contribution in [2.75, 3.05) is 5.73 Å². The zero-order chi connectivity index (χ0) is 10.7. The molecule has 1 aromatic rings. The van der Waals surface area contributed by atoms with Gasteiger partial charge in [0.2, 0.25) is 0 Å².